The van der Waals surface area contributed by atoms with Crippen LogP contribution in [0.15, 0.2) is 77.3 Å². The van der Waals surface area contributed by atoms with E-state index in [0.717, 1.165) is 21.2 Å². The van der Waals surface area contributed by atoms with Crippen LogP contribution >= 0.6 is 27.5 Å². The van der Waals surface area contributed by atoms with Gasteiger partial charge in [-0.3, -0.25) is 9.59 Å². The molecule has 3 aromatic rings. The highest BCUT2D eigenvalue weighted by molar-refractivity contribution is 9.10. The number of ether oxygens (including phenoxy) is 1. The number of halogens is 2. The van der Waals surface area contributed by atoms with Gasteiger partial charge in [0.15, 0.2) is 6.61 Å². The summed E-state index contributed by atoms with van der Waals surface area (Å²) >= 11 is 9.80. The van der Waals surface area contributed by atoms with Gasteiger partial charge in [-0.25, -0.2) is 0 Å². The Hall–Kier alpha value is -2.83. The first-order valence-corrected chi connectivity index (χ1v) is 13.5. The van der Waals surface area contributed by atoms with E-state index in [1.165, 1.54) is 0 Å². The zero-order valence-electron chi connectivity index (χ0n) is 21.8. The van der Waals surface area contributed by atoms with Gasteiger partial charge in [-0.2, -0.15) is 0 Å². The molecule has 0 unspecified atom stereocenters. The third-order valence-corrected chi connectivity index (χ3v) is 6.87. The number of nitrogens with one attached hydrogen (secondary N) is 1. The summed E-state index contributed by atoms with van der Waals surface area (Å²) in [7, 11) is 0. The Balaban J connectivity index is 1.89. The molecule has 0 radical (unpaired) electrons. The molecule has 0 heterocycles. The Labute approximate surface area is 233 Å². The zero-order valence-corrected chi connectivity index (χ0v) is 24.1. The van der Waals surface area contributed by atoms with Crippen LogP contribution in [0.25, 0.3) is 0 Å². The summed E-state index contributed by atoms with van der Waals surface area (Å²) in [6.07, 6.45) is 0.378. The van der Waals surface area contributed by atoms with E-state index in [4.69, 9.17) is 16.3 Å². The molecule has 37 heavy (non-hydrogen) atoms. The number of rotatable bonds is 10. The van der Waals surface area contributed by atoms with Crippen molar-refractivity contribution in [2.24, 2.45) is 0 Å². The van der Waals surface area contributed by atoms with Crippen LogP contribution in [0.1, 0.15) is 44.4 Å². The monoisotopic (exact) mass is 584 g/mol. The summed E-state index contributed by atoms with van der Waals surface area (Å²) in [5.74, 6) is 0.0677. The van der Waals surface area contributed by atoms with E-state index in [9.17, 15) is 9.59 Å². The lowest BCUT2D eigenvalue weighted by Crippen LogP contribution is -2.51. The van der Waals surface area contributed by atoms with Crippen molar-refractivity contribution in [3.05, 3.63) is 99.0 Å². The third kappa shape index (κ3) is 8.34. The average Bonchev–Trinajstić information content (AvgIpc) is 2.85. The van der Waals surface area contributed by atoms with E-state index in [1.54, 1.807) is 11.0 Å². The van der Waals surface area contributed by atoms with Crippen molar-refractivity contribution in [2.75, 3.05) is 13.2 Å². The average molecular weight is 586 g/mol. The lowest BCUT2D eigenvalue weighted by atomic mass is 9.87. The highest BCUT2D eigenvalue weighted by atomic mass is 79.9. The number of carbonyl (C=O) groups is 2. The van der Waals surface area contributed by atoms with Gasteiger partial charge in [-0.05, 0) is 69.2 Å². The fourth-order valence-corrected chi connectivity index (χ4v) is 4.69. The van der Waals surface area contributed by atoms with Crippen LogP contribution < -0.4 is 10.1 Å². The van der Waals surface area contributed by atoms with E-state index >= 15 is 0 Å². The molecular weight excluding hydrogens is 552 g/mol. The maximum absolute atomic E-state index is 13.7. The Kier molecular flexibility index (Phi) is 10.2. The van der Waals surface area contributed by atoms with Gasteiger partial charge in [0.1, 0.15) is 11.8 Å². The Morgan fingerprint density at radius 1 is 1.00 bits per heavy atom. The minimum absolute atomic E-state index is 0.0120. The molecule has 0 fully saturated rings. The Morgan fingerprint density at radius 2 is 1.70 bits per heavy atom. The molecule has 1 atom stereocenters. The minimum Gasteiger partial charge on any atom is -0.483 e. The van der Waals surface area contributed by atoms with Crippen LogP contribution in [0.4, 0.5) is 0 Å². The summed E-state index contributed by atoms with van der Waals surface area (Å²) in [5, 5.41) is 3.47. The maximum Gasteiger partial charge on any atom is 0.261 e. The van der Waals surface area contributed by atoms with Gasteiger partial charge in [0, 0.05) is 24.5 Å². The van der Waals surface area contributed by atoms with Crippen molar-refractivity contribution in [1.82, 2.24) is 10.2 Å². The van der Waals surface area contributed by atoms with Crippen molar-refractivity contribution in [2.45, 2.75) is 52.1 Å². The summed E-state index contributed by atoms with van der Waals surface area (Å²) in [6.45, 7) is 8.76. The van der Waals surface area contributed by atoms with Gasteiger partial charge in [0.2, 0.25) is 5.91 Å². The highest BCUT2D eigenvalue weighted by Crippen LogP contribution is 2.31. The van der Waals surface area contributed by atoms with E-state index in [-0.39, 0.29) is 30.4 Å². The lowest BCUT2D eigenvalue weighted by molar-refractivity contribution is -0.142. The third-order valence-electron chi connectivity index (χ3n) is 6.01. The molecule has 1 N–H and O–H groups in total. The van der Waals surface area contributed by atoms with Crippen molar-refractivity contribution in [1.29, 1.82) is 0 Å². The number of carbonyl (C=O) groups excluding carboxylic acids is 2. The molecule has 0 bridgehead atoms. The molecule has 3 rings (SSSR count). The van der Waals surface area contributed by atoms with Gasteiger partial charge in [-0.1, -0.05) is 80.9 Å². The molecule has 196 valence electrons. The minimum atomic E-state index is -0.718. The van der Waals surface area contributed by atoms with Crippen molar-refractivity contribution >= 4 is 39.3 Å². The zero-order chi connectivity index (χ0) is 27.0. The standard InChI is InChI=1S/C30H34BrClN2O3/c1-5-33-29(36)26(17-21-10-7-6-8-11-21)34(19-22-12-9-13-24(32)16-22)28(35)20-37-27-15-14-23(18-25(27)31)30(2,3)4/h6-16,18,26H,5,17,19-20H2,1-4H3,(H,33,36)/t26-/m0/s1. The maximum atomic E-state index is 13.7. The summed E-state index contributed by atoms with van der Waals surface area (Å²) in [5.41, 5.74) is 2.94. The first kappa shape index (κ1) is 28.7. The molecule has 0 aliphatic carbocycles. The van der Waals surface area contributed by atoms with Gasteiger partial charge >= 0.3 is 0 Å². The summed E-state index contributed by atoms with van der Waals surface area (Å²) in [6, 6.07) is 22.2. The van der Waals surface area contributed by atoms with Crippen LogP contribution in [-0.2, 0) is 28.0 Å². The molecule has 0 aliphatic rings. The molecule has 0 saturated carbocycles. The summed E-state index contributed by atoms with van der Waals surface area (Å²) < 4.78 is 6.73. The highest BCUT2D eigenvalue weighted by Gasteiger charge is 2.30. The second kappa shape index (κ2) is 13.1. The fourth-order valence-electron chi connectivity index (χ4n) is 3.98. The molecule has 0 aromatic heterocycles. The van der Waals surface area contributed by atoms with Gasteiger partial charge in [0.05, 0.1) is 4.47 Å². The number of amides is 2. The number of hydrogen-bond acceptors (Lipinski definition) is 3. The van der Waals surface area contributed by atoms with Crippen LogP contribution in [0, 0.1) is 0 Å². The smallest absolute Gasteiger partial charge is 0.261 e. The van der Waals surface area contributed by atoms with E-state index < -0.39 is 6.04 Å². The Morgan fingerprint density at radius 3 is 2.32 bits per heavy atom. The van der Waals surface area contributed by atoms with Crippen LogP contribution in [-0.4, -0.2) is 35.9 Å². The predicted octanol–water partition coefficient (Wildman–Crippen LogP) is 6.56. The van der Waals surface area contributed by atoms with E-state index in [1.807, 2.05) is 73.7 Å². The first-order chi connectivity index (χ1) is 17.6. The molecule has 3 aromatic carbocycles. The van der Waals surface area contributed by atoms with Crippen LogP contribution in [0.2, 0.25) is 5.02 Å². The predicted molar refractivity (Wildman–Crippen MR) is 153 cm³/mol. The molecule has 0 aliphatic heterocycles. The topological polar surface area (TPSA) is 58.6 Å². The van der Waals surface area contributed by atoms with Gasteiger partial charge in [-0.15, -0.1) is 0 Å². The largest absolute Gasteiger partial charge is 0.483 e. The quantitative estimate of drug-likeness (QED) is 0.293. The molecule has 7 heteroatoms. The number of nitrogens with zero attached hydrogens (tertiary/aromatic N) is 1. The first-order valence-electron chi connectivity index (χ1n) is 12.4. The number of likely N-dealkylation sites (N-methyl/N-ethyl adjacent to an activating group) is 1. The molecule has 0 saturated heterocycles. The normalized spacial score (nSPS) is 12.1. The van der Waals surface area contributed by atoms with E-state index in [2.05, 4.69) is 42.0 Å². The van der Waals surface area contributed by atoms with Gasteiger partial charge < -0.3 is 15.0 Å². The SMILES string of the molecule is CCNC(=O)[C@H](Cc1ccccc1)N(Cc1cccc(Cl)c1)C(=O)COc1ccc(C(C)(C)C)cc1Br. The van der Waals surface area contributed by atoms with E-state index in [0.29, 0.717) is 23.7 Å². The van der Waals surface area contributed by atoms with Crippen molar-refractivity contribution in [3.8, 4) is 5.75 Å². The molecule has 0 spiro atoms. The molecular formula is C30H34BrClN2O3. The second-order valence-corrected chi connectivity index (χ2v) is 11.2. The second-order valence-electron chi connectivity index (χ2n) is 9.94. The number of hydrogen-bond donors (Lipinski definition) is 1. The lowest BCUT2D eigenvalue weighted by Gasteiger charge is -2.31. The van der Waals surface area contributed by atoms with Crippen molar-refractivity contribution < 1.29 is 14.3 Å². The van der Waals surface area contributed by atoms with Crippen LogP contribution in [0.3, 0.4) is 0 Å². The molecule has 5 nitrogen and oxygen atoms in total. The summed E-state index contributed by atoms with van der Waals surface area (Å²) in [4.78, 5) is 28.5. The van der Waals surface area contributed by atoms with Gasteiger partial charge in [0.25, 0.3) is 5.91 Å². The number of benzene rings is 3. The van der Waals surface area contributed by atoms with Crippen LogP contribution in [0.5, 0.6) is 5.75 Å². The Bertz CT molecular complexity index is 1210. The van der Waals surface area contributed by atoms with Crippen molar-refractivity contribution in [3.63, 3.8) is 0 Å². The molecule has 2 amide bonds. The fraction of sp³-hybridized carbons (Fsp3) is 0.333.